The molecule has 1 fully saturated rings. The number of carboxylic acids is 1. The zero-order chi connectivity index (χ0) is 26.5. The van der Waals surface area contributed by atoms with Crippen LogP contribution in [0.4, 0.5) is 0 Å². The number of hydrogen-bond acceptors (Lipinski definition) is 6. The molecule has 1 aliphatic rings. The molecule has 8 heteroatoms. The van der Waals surface area contributed by atoms with Crippen LogP contribution in [0.15, 0.2) is 71.5 Å². The van der Waals surface area contributed by atoms with Gasteiger partial charge >= 0.3 is 5.97 Å². The Morgan fingerprint density at radius 2 is 1.74 bits per heavy atom. The zero-order valence-electron chi connectivity index (χ0n) is 21.1. The van der Waals surface area contributed by atoms with E-state index in [2.05, 4.69) is 22.0 Å². The van der Waals surface area contributed by atoms with E-state index in [9.17, 15) is 9.90 Å². The van der Waals surface area contributed by atoms with Crippen molar-refractivity contribution in [1.82, 2.24) is 14.7 Å². The first-order valence-corrected chi connectivity index (χ1v) is 12.7. The number of aliphatic hydroxyl groups is 1. The Morgan fingerprint density at radius 1 is 1.08 bits per heavy atom. The summed E-state index contributed by atoms with van der Waals surface area (Å²) in [5, 5.41) is 23.1. The second kappa shape index (κ2) is 11.4. The summed E-state index contributed by atoms with van der Waals surface area (Å²) in [6.45, 7) is 2.14. The van der Waals surface area contributed by atoms with Crippen molar-refractivity contribution in [2.75, 3.05) is 0 Å². The predicted molar refractivity (Wildman–Crippen MR) is 140 cm³/mol. The smallest absolute Gasteiger partial charge is 0.306 e. The molecule has 1 aliphatic carbocycles. The number of aliphatic carboxylic acids is 1. The van der Waals surface area contributed by atoms with Crippen molar-refractivity contribution in [2.24, 2.45) is 5.92 Å². The first-order valence-electron chi connectivity index (χ1n) is 12.7. The van der Waals surface area contributed by atoms with E-state index >= 15 is 0 Å². The fraction of sp³-hybridized carbons (Fsp3) is 0.300. The van der Waals surface area contributed by atoms with Crippen molar-refractivity contribution < 1.29 is 24.3 Å². The lowest BCUT2D eigenvalue weighted by Crippen LogP contribution is -2.27. The van der Waals surface area contributed by atoms with E-state index in [1.165, 1.54) is 0 Å². The molecule has 8 nitrogen and oxygen atoms in total. The summed E-state index contributed by atoms with van der Waals surface area (Å²) in [6, 6.07) is 17.3. The molecule has 38 heavy (non-hydrogen) atoms. The van der Waals surface area contributed by atoms with Gasteiger partial charge in [0.05, 0.1) is 18.6 Å². The van der Waals surface area contributed by atoms with Gasteiger partial charge in [-0.15, -0.1) is 0 Å². The second-order valence-electron chi connectivity index (χ2n) is 9.55. The lowest BCUT2D eigenvalue weighted by molar-refractivity contribution is -0.143. The van der Waals surface area contributed by atoms with Crippen molar-refractivity contribution >= 4 is 5.97 Å². The Labute approximate surface area is 220 Å². The molecule has 1 atom stereocenters. The third-order valence-electron chi connectivity index (χ3n) is 6.71. The van der Waals surface area contributed by atoms with Gasteiger partial charge in [-0.3, -0.25) is 4.79 Å². The van der Waals surface area contributed by atoms with Gasteiger partial charge in [0.25, 0.3) is 0 Å². The van der Waals surface area contributed by atoms with Gasteiger partial charge in [-0.1, -0.05) is 17.0 Å². The van der Waals surface area contributed by atoms with E-state index in [4.69, 9.17) is 14.4 Å². The van der Waals surface area contributed by atoms with Crippen LogP contribution in [-0.2, 0) is 11.3 Å². The van der Waals surface area contributed by atoms with Crippen molar-refractivity contribution in [2.45, 2.75) is 51.4 Å². The van der Waals surface area contributed by atoms with Crippen molar-refractivity contribution in [1.29, 1.82) is 0 Å². The molecule has 2 aromatic carbocycles. The summed E-state index contributed by atoms with van der Waals surface area (Å²) >= 11 is 0. The van der Waals surface area contributed by atoms with Crippen LogP contribution in [0, 0.1) is 17.8 Å². The number of carbonyl (C=O) groups is 1. The molecule has 1 unspecified atom stereocenters. The number of imidazole rings is 1. The first kappa shape index (κ1) is 25.3. The zero-order valence-corrected chi connectivity index (χ0v) is 21.1. The minimum absolute atomic E-state index is 0.0640. The summed E-state index contributed by atoms with van der Waals surface area (Å²) in [6.07, 6.45) is 5.71. The van der Waals surface area contributed by atoms with Crippen molar-refractivity contribution in [3.05, 3.63) is 89.6 Å². The fourth-order valence-corrected chi connectivity index (χ4v) is 4.62. The summed E-state index contributed by atoms with van der Waals surface area (Å²) in [4.78, 5) is 15.3. The Bertz CT molecular complexity index is 1430. The van der Waals surface area contributed by atoms with Crippen LogP contribution >= 0.6 is 0 Å². The number of nitrogens with zero attached hydrogens (tertiary/aromatic N) is 3. The lowest BCUT2D eigenvalue weighted by atomic mass is 9.87. The maximum absolute atomic E-state index is 11.1. The molecule has 0 saturated heterocycles. The van der Waals surface area contributed by atoms with Gasteiger partial charge in [-0.05, 0) is 81.1 Å². The third-order valence-corrected chi connectivity index (χ3v) is 6.71. The Morgan fingerprint density at radius 3 is 2.37 bits per heavy atom. The van der Waals surface area contributed by atoms with Gasteiger partial charge in [0.1, 0.15) is 23.4 Å². The van der Waals surface area contributed by atoms with Crippen molar-refractivity contribution in [3.8, 4) is 28.9 Å². The molecular weight excluding hydrogens is 482 g/mol. The number of hydrogen-bond donors (Lipinski definition) is 2. The monoisotopic (exact) mass is 511 g/mol. The van der Waals surface area contributed by atoms with E-state index in [0.717, 1.165) is 41.0 Å². The second-order valence-corrected chi connectivity index (χ2v) is 9.55. The van der Waals surface area contributed by atoms with Gasteiger partial charge in [0, 0.05) is 35.2 Å². The van der Waals surface area contributed by atoms with E-state index in [1.54, 1.807) is 19.3 Å². The van der Waals surface area contributed by atoms with Gasteiger partial charge in [-0.2, -0.15) is 0 Å². The molecule has 0 bridgehead atoms. The van der Waals surface area contributed by atoms with Crippen LogP contribution in [0.1, 0.15) is 61.4 Å². The molecule has 1 saturated carbocycles. The van der Waals surface area contributed by atoms with Gasteiger partial charge in [-0.25, -0.2) is 4.98 Å². The molecule has 2 heterocycles. The van der Waals surface area contributed by atoms with E-state index in [1.807, 2.05) is 59.2 Å². The minimum Gasteiger partial charge on any atom is -0.490 e. The molecule has 5 rings (SSSR count). The topological polar surface area (TPSA) is 111 Å². The average Bonchev–Trinajstić information content (AvgIpc) is 3.59. The highest BCUT2D eigenvalue weighted by Crippen LogP contribution is 2.28. The summed E-state index contributed by atoms with van der Waals surface area (Å²) < 4.78 is 13.4. The average molecular weight is 512 g/mol. The molecule has 4 aromatic rings. The van der Waals surface area contributed by atoms with Crippen LogP contribution in [-0.4, -0.2) is 37.0 Å². The summed E-state index contributed by atoms with van der Waals surface area (Å²) in [7, 11) is 0. The minimum atomic E-state index is -0.706. The molecule has 2 N–H and O–H groups in total. The SMILES string of the molecule is CC(O)c1nccn1Cc1cc(-c2ccc(C#Cc3ccc(OC4CCC(C(=O)O)CC4)cc3)cc2)on1. The van der Waals surface area contributed by atoms with Gasteiger partial charge in [0.2, 0.25) is 0 Å². The van der Waals surface area contributed by atoms with Crippen LogP contribution in [0.2, 0.25) is 0 Å². The summed E-state index contributed by atoms with van der Waals surface area (Å²) in [5.74, 6) is 7.43. The molecule has 2 aromatic heterocycles. The molecule has 0 spiro atoms. The molecule has 0 amide bonds. The number of aliphatic hydroxyl groups excluding tert-OH is 1. The van der Waals surface area contributed by atoms with Crippen LogP contribution in [0.3, 0.4) is 0 Å². The van der Waals surface area contributed by atoms with Gasteiger partial charge < -0.3 is 24.0 Å². The first-order chi connectivity index (χ1) is 18.4. The molecule has 0 aliphatic heterocycles. The molecule has 0 radical (unpaired) electrons. The molecular formula is C30H29N3O5. The standard InChI is InChI=1S/C30H29N3O5/c1-20(34)29-31-16-17-33(29)19-25-18-28(38-32-25)23-8-4-21(5-9-23)2-3-22-6-12-26(13-7-22)37-27-14-10-24(11-15-27)30(35)36/h4-9,12-13,16-18,20,24,27,34H,10-11,14-15,19H2,1H3,(H,35,36). The fourth-order valence-electron chi connectivity index (χ4n) is 4.62. The number of aromatic nitrogens is 3. The maximum atomic E-state index is 11.1. The lowest BCUT2D eigenvalue weighted by Gasteiger charge is -2.26. The summed E-state index contributed by atoms with van der Waals surface area (Å²) in [5.41, 5.74) is 3.40. The van der Waals surface area contributed by atoms with E-state index in [-0.39, 0.29) is 12.0 Å². The quantitative estimate of drug-likeness (QED) is 0.334. The Balaban J connectivity index is 1.17. The highest BCUT2D eigenvalue weighted by Gasteiger charge is 2.26. The number of ether oxygens (including phenoxy) is 1. The highest BCUT2D eigenvalue weighted by molar-refractivity contribution is 5.70. The Kier molecular flexibility index (Phi) is 7.57. The van der Waals surface area contributed by atoms with Crippen LogP contribution in [0.5, 0.6) is 5.75 Å². The van der Waals surface area contributed by atoms with E-state index < -0.39 is 12.1 Å². The van der Waals surface area contributed by atoms with E-state index in [0.29, 0.717) is 31.0 Å². The largest absolute Gasteiger partial charge is 0.490 e. The Hall–Kier alpha value is -4.35. The molecule has 194 valence electrons. The predicted octanol–water partition coefficient (Wildman–Crippen LogP) is 5.06. The normalized spacial score (nSPS) is 17.8. The van der Waals surface area contributed by atoms with Gasteiger partial charge in [0.15, 0.2) is 5.76 Å². The maximum Gasteiger partial charge on any atom is 0.306 e. The number of carboxylic acid groups (broad SMARTS) is 1. The third kappa shape index (κ3) is 6.13. The number of benzene rings is 2. The van der Waals surface area contributed by atoms with Crippen molar-refractivity contribution in [3.63, 3.8) is 0 Å². The van der Waals surface area contributed by atoms with Crippen LogP contribution in [0.25, 0.3) is 11.3 Å². The van der Waals surface area contributed by atoms with Crippen LogP contribution < -0.4 is 4.74 Å². The highest BCUT2D eigenvalue weighted by atomic mass is 16.5. The number of rotatable bonds is 7.